The molecule has 3 aromatic heterocycles. The summed E-state index contributed by atoms with van der Waals surface area (Å²) in [6, 6.07) is 0. The van der Waals surface area contributed by atoms with Crippen LogP contribution in [0.25, 0.3) is 10.8 Å². The molecule has 0 aliphatic rings. The molecule has 0 aliphatic carbocycles. The van der Waals surface area contributed by atoms with E-state index in [9.17, 15) is 0 Å². The number of aromatic nitrogens is 4. The average Bonchev–Trinajstić information content (AvgIpc) is 3.02. The van der Waals surface area contributed by atoms with E-state index in [4.69, 9.17) is 10.5 Å². The first-order valence-corrected chi connectivity index (χ1v) is 5.95. The van der Waals surface area contributed by atoms with Gasteiger partial charge in [0.05, 0.1) is 25.2 Å². The van der Waals surface area contributed by atoms with Crippen LogP contribution in [0.2, 0.25) is 0 Å². The predicted molar refractivity (Wildman–Crippen MR) is 64.6 cm³/mol. The topological polar surface area (TPSA) is 70.4 Å². The van der Waals surface area contributed by atoms with Crippen molar-refractivity contribution in [2.45, 2.75) is 6.54 Å². The lowest BCUT2D eigenvalue weighted by Crippen LogP contribution is -2.06. The van der Waals surface area contributed by atoms with Gasteiger partial charge in [-0.3, -0.25) is 4.40 Å². The number of ether oxygens (including phenoxy) is 1. The maximum absolute atomic E-state index is 5.77. The van der Waals surface area contributed by atoms with Crippen LogP contribution >= 0.6 is 11.3 Å². The van der Waals surface area contributed by atoms with Crippen LogP contribution in [0.3, 0.4) is 0 Å². The minimum Gasteiger partial charge on any atom is -0.493 e. The number of hydrogen-bond acceptors (Lipinski definition) is 5. The van der Waals surface area contributed by atoms with Crippen LogP contribution in [0, 0.1) is 0 Å². The molecule has 3 rings (SSSR count). The molecule has 0 atom stereocenters. The molecule has 6 nitrogen and oxygen atoms in total. The summed E-state index contributed by atoms with van der Waals surface area (Å²) in [4.78, 5) is 5.42. The van der Waals surface area contributed by atoms with Gasteiger partial charge in [0, 0.05) is 18.1 Å². The summed E-state index contributed by atoms with van der Waals surface area (Å²) in [5, 5.41) is 6.19. The van der Waals surface area contributed by atoms with Gasteiger partial charge in [-0.15, -0.1) is 11.3 Å². The lowest BCUT2D eigenvalue weighted by Gasteiger charge is -2.00. The van der Waals surface area contributed by atoms with Gasteiger partial charge >= 0.3 is 0 Å². The van der Waals surface area contributed by atoms with Crippen molar-refractivity contribution in [1.82, 2.24) is 19.2 Å². The quantitative estimate of drug-likeness (QED) is 0.753. The Labute approximate surface area is 101 Å². The first-order chi connectivity index (χ1) is 8.33. The zero-order valence-corrected chi connectivity index (χ0v) is 10.0. The van der Waals surface area contributed by atoms with Gasteiger partial charge in [0.1, 0.15) is 0 Å². The van der Waals surface area contributed by atoms with Gasteiger partial charge < -0.3 is 10.5 Å². The van der Waals surface area contributed by atoms with Gasteiger partial charge in [0.15, 0.2) is 16.5 Å². The highest BCUT2D eigenvalue weighted by molar-refractivity contribution is 7.15. The third kappa shape index (κ3) is 1.51. The molecule has 0 saturated carbocycles. The molecular weight excluding hydrogens is 238 g/mol. The lowest BCUT2D eigenvalue weighted by molar-refractivity contribution is 0.414. The minimum atomic E-state index is 0.412. The highest BCUT2D eigenvalue weighted by Gasteiger charge is 2.14. The molecule has 88 valence electrons. The fourth-order valence-corrected chi connectivity index (χ4v) is 2.45. The van der Waals surface area contributed by atoms with Crippen molar-refractivity contribution >= 4 is 16.3 Å². The zero-order chi connectivity index (χ0) is 11.8. The van der Waals surface area contributed by atoms with E-state index in [1.165, 1.54) is 0 Å². The van der Waals surface area contributed by atoms with Crippen LogP contribution in [-0.2, 0) is 6.54 Å². The van der Waals surface area contributed by atoms with E-state index < -0.39 is 0 Å². The normalized spacial score (nSPS) is 11.2. The summed E-state index contributed by atoms with van der Waals surface area (Å²) >= 11 is 1.57. The van der Waals surface area contributed by atoms with Crippen molar-refractivity contribution < 1.29 is 4.74 Å². The highest BCUT2D eigenvalue weighted by atomic mass is 32.1. The summed E-state index contributed by atoms with van der Waals surface area (Å²) in [6.07, 6.45) is 5.39. The van der Waals surface area contributed by atoms with Crippen molar-refractivity contribution in [3.8, 4) is 11.6 Å². The molecule has 3 heterocycles. The van der Waals surface area contributed by atoms with Crippen LogP contribution in [0.4, 0.5) is 0 Å². The van der Waals surface area contributed by atoms with Crippen molar-refractivity contribution in [2.24, 2.45) is 5.73 Å². The maximum Gasteiger partial charge on any atom is 0.196 e. The summed E-state index contributed by atoms with van der Waals surface area (Å²) in [5.41, 5.74) is 6.71. The van der Waals surface area contributed by atoms with Gasteiger partial charge in [-0.25, -0.2) is 4.68 Å². The van der Waals surface area contributed by atoms with E-state index in [1.807, 2.05) is 16.0 Å². The van der Waals surface area contributed by atoms with E-state index in [-0.39, 0.29) is 0 Å². The second-order valence-electron chi connectivity index (χ2n) is 3.47. The smallest absolute Gasteiger partial charge is 0.196 e. The summed E-state index contributed by atoms with van der Waals surface area (Å²) in [7, 11) is 1.61. The molecule has 0 bridgehead atoms. The van der Waals surface area contributed by atoms with Crippen molar-refractivity contribution in [3.05, 3.63) is 29.7 Å². The van der Waals surface area contributed by atoms with E-state index in [0.29, 0.717) is 12.3 Å². The first-order valence-electron chi connectivity index (χ1n) is 5.07. The summed E-state index contributed by atoms with van der Waals surface area (Å²) in [6.45, 7) is 0.412. The number of methoxy groups -OCH3 is 1. The van der Waals surface area contributed by atoms with Gasteiger partial charge in [0.2, 0.25) is 0 Å². The number of thiazole rings is 1. The average molecular weight is 249 g/mol. The fourth-order valence-electron chi connectivity index (χ4n) is 1.72. The van der Waals surface area contributed by atoms with Crippen LogP contribution in [-0.4, -0.2) is 26.3 Å². The predicted octanol–water partition coefficient (Wildman–Crippen LogP) is 1.05. The third-order valence-electron chi connectivity index (χ3n) is 2.54. The summed E-state index contributed by atoms with van der Waals surface area (Å²) in [5.74, 6) is 1.45. The Bertz CT molecular complexity index is 653. The Morgan fingerprint density at radius 1 is 1.53 bits per heavy atom. The van der Waals surface area contributed by atoms with Crippen LogP contribution in [0.1, 0.15) is 5.69 Å². The monoisotopic (exact) mass is 249 g/mol. The largest absolute Gasteiger partial charge is 0.493 e. The fraction of sp³-hybridized carbons (Fsp3) is 0.200. The minimum absolute atomic E-state index is 0.412. The first kappa shape index (κ1) is 10.3. The lowest BCUT2D eigenvalue weighted by atomic mass is 10.4. The van der Waals surface area contributed by atoms with Gasteiger partial charge in [-0.05, 0) is 0 Å². The molecular formula is C10H11N5OS. The molecule has 0 amide bonds. The van der Waals surface area contributed by atoms with Gasteiger partial charge in [0.25, 0.3) is 0 Å². The number of hydrogen-bond donors (Lipinski definition) is 1. The van der Waals surface area contributed by atoms with Crippen molar-refractivity contribution in [3.63, 3.8) is 0 Å². The molecule has 0 unspecified atom stereocenters. The number of fused-ring (bicyclic) bond motifs is 1. The Kier molecular flexibility index (Phi) is 2.34. The summed E-state index contributed by atoms with van der Waals surface area (Å²) < 4.78 is 8.76. The van der Waals surface area contributed by atoms with Crippen LogP contribution in [0.5, 0.6) is 5.75 Å². The second kappa shape index (κ2) is 3.86. The Morgan fingerprint density at radius 3 is 3.12 bits per heavy atom. The molecule has 7 heteroatoms. The molecule has 0 spiro atoms. The Balaban J connectivity index is 2.18. The number of nitrogens with zero attached hydrogens (tertiary/aromatic N) is 4. The van der Waals surface area contributed by atoms with E-state index in [0.717, 1.165) is 16.5 Å². The Morgan fingerprint density at radius 2 is 2.41 bits per heavy atom. The van der Waals surface area contributed by atoms with Gasteiger partial charge in [-0.2, -0.15) is 10.1 Å². The van der Waals surface area contributed by atoms with E-state index in [2.05, 4.69) is 10.1 Å². The number of nitrogens with two attached hydrogens (primary N) is 1. The standard InChI is InChI=1S/C10H11N5OS/c1-16-7-5-12-15(6-7)9-8(4-11)14-2-3-17-10(14)13-9/h2-3,5-6H,4,11H2,1H3. The number of imidazole rings is 1. The second-order valence-corrected chi connectivity index (χ2v) is 4.34. The van der Waals surface area contributed by atoms with Crippen LogP contribution < -0.4 is 10.5 Å². The molecule has 0 radical (unpaired) electrons. The molecule has 0 saturated heterocycles. The molecule has 3 aromatic rings. The van der Waals surface area contributed by atoms with Crippen molar-refractivity contribution in [2.75, 3.05) is 7.11 Å². The molecule has 17 heavy (non-hydrogen) atoms. The molecule has 0 fully saturated rings. The molecule has 2 N–H and O–H groups in total. The van der Waals surface area contributed by atoms with E-state index >= 15 is 0 Å². The van der Waals surface area contributed by atoms with E-state index in [1.54, 1.807) is 35.5 Å². The van der Waals surface area contributed by atoms with Crippen molar-refractivity contribution in [1.29, 1.82) is 0 Å². The SMILES string of the molecule is COc1cnn(-c2nc3sccn3c2CN)c1. The molecule has 0 aliphatic heterocycles. The highest BCUT2D eigenvalue weighted by Crippen LogP contribution is 2.21. The van der Waals surface area contributed by atoms with Gasteiger partial charge in [-0.1, -0.05) is 0 Å². The Hall–Kier alpha value is -1.86. The molecule has 0 aromatic carbocycles. The zero-order valence-electron chi connectivity index (χ0n) is 9.20. The third-order valence-corrected chi connectivity index (χ3v) is 3.30. The maximum atomic E-state index is 5.77. The number of rotatable bonds is 3. The van der Waals surface area contributed by atoms with Crippen LogP contribution in [0.15, 0.2) is 24.0 Å².